The predicted octanol–water partition coefficient (Wildman–Crippen LogP) is 1.88. The average Bonchev–Trinajstić information content (AvgIpc) is 2.66. The van der Waals surface area contributed by atoms with E-state index in [4.69, 9.17) is 10.5 Å². The number of halogens is 1. The van der Waals surface area contributed by atoms with Gasteiger partial charge in [0.15, 0.2) is 23.9 Å². The number of aromatic amines is 1. The number of nitrogens with one attached hydrogen (secondary N) is 1. The maximum Gasteiger partial charge on any atom is 0.330 e. The standard InChI is InChI=1S/C19H25FN4O4/c1-3-5-11-24-17(21)16(18(26)22-19(24)27)23(10-4-2)15(25)12-28-14-9-7-6-8-13(14)20/h6-9H,3-5,10-12,21H2,1-2H3,(H,22,26,27). The van der Waals surface area contributed by atoms with E-state index in [9.17, 15) is 18.8 Å². The van der Waals surface area contributed by atoms with Gasteiger partial charge in [0.05, 0.1) is 0 Å². The minimum atomic E-state index is -0.747. The molecule has 0 aliphatic rings. The Morgan fingerprint density at radius 2 is 1.96 bits per heavy atom. The van der Waals surface area contributed by atoms with Crippen molar-refractivity contribution < 1.29 is 13.9 Å². The normalized spacial score (nSPS) is 10.7. The summed E-state index contributed by atoms with van der Waals surface area (Å²) in [4.78, 5) is 40.6. The Labute approximate surface area is 161 Å². The monoisotopic (exact) mass is 392 g/mol. The molecule has 1 heterocycles. The molecule has 1 amide bonds. The van der Waals surface area contributed by atoms with Crippen LogP contribution in [-0.2, 0) is 11.3 Å². The predicted molar refractivity (Wildman–Crippen MR) is 105 cm³/mol. The van der Waals surface area contributed by atoms with Crippen molar-refractivity contribution in [1.82, 2.24) is 9.55 Å². The molecule has 28 heavy (non-hydrogen) atoms. The number of hydrogen-bond acceptors (Lipinski definition) is 5. The van der Waals surface area contributed by atoms with Crippen molar-refractivity contribution in [2.45, 2.75) is 39.7 Å². The summed E-state index contributed by atoms with van der Waals surface area (Å²) in [6.45, 7) is 3.83. The first-order valence-corrected chi connectivity index (χ1v) is 9.20. The fourth-order valence-corrected chi connectivity index (χ4v) is 2.74. The van der Waals surface area contributed by atoms with Gasteiger partial charge in [0.1, 0.15) is 5.82 Å². The minimum Gasteiger partial charge on any atom is -0.481 e. The summed E-state index contributed by atoms with van der Waals surface area (Å²) in [6.07, 6.45) is 2.06. The molecule has 0 radical (unpaired) electrons. The molecule has 8 nitrogen and oxygen atoms in total. The third-order valence-corrected chi connectivity index (χ3v) is 4.16. The highest BCUT2D eigenvalue weighted by Gasteiger charge is 2.24. The molecule has 0 saturated heterocycles. The quantitative estimate of drug-likeness (QED) is 0.677. The Bertz CT molecular complexity index is 938. The number of para-hydroxylation sites is 1. The summed E-state index contributed by atoms with van der Waals surface area (Å²) < 4.78 is 20.2. The van der Waals surface area contributed by atoms with Gasteiger partial charge in [0, 0.05) is 13.1 Å². The summed E-state index contributed by atoms with van der Waals surface area (Å²) in [5.41, 5.74) is 4.61. The molecule has 1 aromatic carbocycles. The molecule has 0 atom stereocenters. The molecule has 0 spiro atoms. The number of ether oxygens (including phenoxy) is 1. The van der Waals surface area contributed by atoms with Crippen LogP contribution in [0.3, 0.4) is 0 Å². The summed E-state index contributed by atoms with van der Waals surface area (Å²) >= 11 is 0. The topological polar surface area (TPSA) is 110 Å². The lowest BCUT2D eigenvalue weighted by Crippen LogP contribution is -2.43. The van der Waals surface area contributed by atoms with Crippen LogP contribution in [0.5, 0.6) is 5.75 Å². The Balaban J connectivity index is 2.34. The summed E-state index contributed by atoms with van der Waals surface area (Å²) in [5, 5.41) is 0. The zero-order valence-corrected chi connectivity index (χ0v) is 16.0. The number of anilines is 2. The highest BCUT2D eigenvalue weighted by molar-refractivity contribution is 5.96. The van der Waals surface area contributed by atoms with Gasteiger partial charge in [-0.25, -0.2) is 9.18 Å². The van der Waals surface area contributed by atoms with Crippen LogP contribution < -0.4 is 26.6 Å². The number of carbonyl (C=O) groups is 1. The highest BCUT2D eigenvalue weighted by atomic mass is 19.1. The van der Waals surface area contributed by atoms with E-state index in [0.717, 1.165) is 6.42 Å². The zero-order chi connectivity index (χ0) is 20.7. The van der Waals surface area contributed by atoms with Crippen LogP contribution in [0.15, 0.2) is 33.9 Å². The summed E-state index contributed by atoms with van der Waals surface area (Å²) in [7, 11) is 0. The lowest BCUT2D eigenvalue weighted by Gasteiger charge is -2.24. The molecular weight excluding hydrogens is 367 g/mol. The van der Waals surface area contributed by atoms with E-state index in [1.165, 1.54) is 27.7 Å². The van der Waals surface area contributed by atoms with Gasteiger partial charge in [-0.1, -0.05) is 32.4 Å². The van der Waals surface area contributed by atoms with Crippen LogP contribution >= 0.6 is 0 Å². The van der Waals surface area contributed by atoms with Gasteiger partial charge in [0.25, 0.3) is 11.5 Å². The molecular formula is C19H25FN4O4. The number of nitrogens with two attached hydrogens (primary N) is 1. The number of nitrogens with zero attached hydrogens (tertiary/aromatic N) is 2. The van der Waals surface area contributed by atoms with E-state index < -0.39 is 29.6 Å². The zero-order valence-electron chi connectivity index (χ0n) is 16.0. The van der Waals surface area contributed by atoms with Gasteiger partial charge < -0.3 is 15.4 Å². The first-order valence-electron chi connectivity index (χ1n) is 9.20. The molecule has 2 aromatic rings. The lowest BCUT2D eigenvalue weighted by molar-refractivity contribution is -0.120. The van der Waals surface area contributed by atoms with E-state index in [-0.39, 0.29) is 23.8 Å². The molecule has 0 aliphatic carbocycles. The van der Waals surface area contributed by atoms with Crippen molar-refractivity contribution in [2.24, 2.45) is 0 Å². The number of amides is 1. The summed E-state index contributed by atoms with van der Waals surface area (Å²) in [5.74, 6) is -1.30. The van der Waals surface area contributed by atoms with E-state index >= 15 is 0 Å². The molecule has 0 saturated carbocycles. The number of nitrogen functional groups attached to an aromatic ring is 1. The van der Waals surface area contributed by atoms with Gasteiger partial charge in [-0.3, -0.25) is 19.1 Å². The number of carbonyl (C=O) groups excluding carboxylic acids is 1. The molecule has 2 rings (SSSR count). The molecule has 1 aromatic heterocycles. The molecule has 0 unspecified atom stereocenters. The van der Waals surface area contributed by atoms with Crippen molar-refractivity contribution in [3.8, 4) is 5.75 Å². The van der Waals surface area contributed by atoms with Crippen molar-refractivity contribution in [2.75, 3.05) is 23.8 Å². The third kappa shape index (κ3) is 4.79. The average molecular weight is 392 g/mol. The van der Waals surface area contributed by atoms with Crippen molar-refractivity contribution in [1.29, 1.82) is 0 Å². The number of aromatic nitrogens is 2. The first kappa shape index (κ1) is 21.2. The maximum absolute atomic E-state index is 13.7. The lowest BCUT2D eigenvalue weighted by atomic mass is 10.3. The fourth-order valence-electron chi connectivity index (χ4n) is 2.74. The largest absolute Gasteiger partial charge is 0.481 e. The highest BCUT2D eigenvalue weighted by Crippen LogP contribution is 2.19. The van der Waals surface area contributed by atoms with Gasteiger partial charge in [0.2, 0.25) is 0 Å². The van der Waals surface area contributed by atoms with Crippen LogP contribution in [0.4, 0.5) is 15.9 Å². The van der Waals surface area contributed by atoms with Gasteiger partial charge in [-0.2, -0.15) is 0 Å². The van der Waals surface area contributed by atoms with Crippen LogP contribution in [0, 0.1) is 5.82 Å². The number of hydrogen-bond donors (Lipinski definition) is 2. The Morgan fingerprint density at radius 3 is 2.61 bits per heavy atom. The second kappa shape index (κ2) is 9.72. The molecule has 0 fully saturated rings. The van der Waals surface area contributed by atoms with Crippen LogP contribution in [0.1, 0.15) is 33.1 Å². The van der Waals surface area contributed by atoms with Gasteiger partial charge >= 0.3 is 5.69 Å². The van der Waals surface area contributed by atoms with Crippen molar-refractivity contribution in [3.05, 3.63) is 50.9 Å². The SMILES string of the molecule is CCCCn1c(N)c(N(CCC)C(=O)COc2ccccc2F)c(=O)[nH]c1=O. The number of H-pyrrole nitrogens is 1. The smallest absolute Gasteiger partial charge is 0.330 e. The Morgan fingerprint density at radius 1 is 1.25 bits per heavy atom. The Kier molecular flexibility index (Phi) is 7.36. The molecule has 152 valence electrons. The second-order valence-electron chi connectivity index (χ2n) is 6.26. The Hall–Kier alpha value is -3.10. The number of benzene rings is 1. The number of unbranched alkanes of at least 4 members (excludes halogenated alkanes) is 1. The van der Waals surface area contributed by atoms with E-state index in [2.05, 4.69) is 4.98 Å². The van der Waals surface area contributed by atoms with Gasteiger partial charge in [-0.15, -0.1) is 0 Å². The molecule has 3 N–H and O–H groups in total. The van der Waals surface area contributed by atoms with Gasteiger partial charge in [-0.05, 0) is 25.0 Å². The van der Waals surface area contributed by atoms with Crippen LogP contribution in [-0.4, -0.2) is 28.6 Å². The first-order chi connectivity index (χ1) is 13.4. The van der Waals surface area contributed by atoms with Crippen molar-refractivity contribution >= 4 is 17.4 Å². The number of rotatable bonds is 9. The molecule has 9 heteroatoms. The van der Waals surface area contributed by atoms with E-state index in [0.29, 0.717) is 19.4 Å². The minimum absolute atomic E-state index is 0.0675. The van der Waals surface area contributed by atoms with Crippen molar-refractivity contribution in [3.63, 3.8) is 0 Å². The third-order valence-electron chi connectivity index (χ3n) is 4.16. The fraction of sp³-hybridized carbons (Fsp3) is 0.421. The molecule has 0 aliphatic heterocycles. The molecule has 0 bridgehead atoms. The second-order valence-corrected chi connectivity index (χ2v) is 6.26. The van der Waals surface area contributed by atoms with Crippen LogP contribution in [0.25, 0.3) is 0 Å². The van der Waals surface area contributed by atoms with E-state index in [1.54, 1.807) is 6.07 Å². The van der Waals surface area contributed by atoms with Crippen LogP contribution in [0.2, 0.25) is 0 Å². The van der Waals surface area contributed by atoms with E-state index in [1.807, 2.05) is 13.8 Å². The maximum atomic E-state index is 13.7. The summed E-state index contributed by atoms with van der Waals surface area (Å²) in [6, 6.07) is 5.71.